The van der Waals surface area contributed by atoms with Gasteiger partial charge in [0.05, 0.1) is 11.9 Å². The fourth-order valence-electron chi connectivity index (χ4n) is 3.92. The summed E-state index contributed by atoms with van der Waals surface area (Å²) in [5.74, 6) is 1.87. The average Bonchev–Trinajstić information content (AvgIpc) is 3.42. The van der Waals surface area contributed by atoms with Crippen molar-refractivity contribution in [3.63, 3.8) is 0 Å². The molecule has 1 saturated carbocycles. The van der Waals surface area contributed by atoms with Crippen LogP contribution >= 0.6 is 0 Å². The van der Waals surface area contributed by atoms with Crippen LogP contribution in [0.2, 0.25) is 0 Å². The molecule has 1 aromatic heterocycles. The number of anilines is 1. The van der Waals surface area contributed by atoms with Crippen LogP contribution in [-0.4, -0.2) is 24.3 Å². The smallest absolute Gasteiger partial charge is 0.0929 e. The Kier molecular flexibility index (Phi) is 4.37. The molecule has 0 spiro atoms. The van der Waals surface area contributed by atoms with Crippen LogP contribution in [0.1, 0.15) is 49.8 Å². The number of hydrogen-bond acceptors (Lipinski definition) is 4. The molecule has 0 amide bonds. The fraction of sp³-hybridized carbons (Fsp3) is 0.500. The standard InChI is InChI=1S/C20H26N4/c1-15-8-11-22-23-13-18-20(15)19(9-10-21-18)24-12-2-3-17(14-24)7-6-16-4-5-16/h8-11,13,16-17,22H,1-7,12,14H2/b11-8-,23-13-. The van der Waals surface area contributed by atoms with Crippen LogP contribution in [0.3, 0.4) is 0 Å². The van der Waals surface area contributed by atoms with Crippen molar-refractivity contribution < 1.29 is 0 Å². The maximum absolute atomic E-state index is 4.50. The van der Waals surface area contributed by atoms with E-state index in [-0.39, 0.29) is 0 Å². The molecule has 1 N–H and O–H groups in total. The number of aromatic nitrogens is 1. The topological polar surface area (TPSA) is 40.5 Å². The second-order valence-electron chi connectivity index (χ2n) is 7.31. The maximum atomic E-state index is 4.50. The van der Waals surface area contributed by atoms with Crippen LogP contribution in [0.4, 0.5) is 5.69 Å². The molecule has 4 heteroatoms. The van der Waals surface area contributed by atoms with Gasteiger partial charge in [0.1, 0.15) is 0 Å². The number of fused-ring (bicyclic) bond motifs is 1. The minimum Gasteiger partial charge on any atom is -0.371 e. The van der Waals surface area contributed by atoms with E-state index in [1.165, 1.54) is 44.2 Å². The van der Waals surface area contributed by atoms with Gasteiger partial charge in [0.25, 0.3) is 0 Å². The van der Waals surface area contributed by atoms with Gasteiger partial charge >= 0.3 is 0 Å². The van der Waals surface area contributed by atoms with Gasteiger partial charge in [0, 0.05) is 36.7 Å². The number of nitrogens with one attached hydrogen (secondary N) is 1. The summed E-state index contributed by atoms with van der Waals surface area (Å²) in [5.41, 5.74) is 7.15. The molecule has 1 atom stereocenters. The highest BCUT2D eigenvalue weighted by Gasteiger charge is 2.26. The van der Waals surface area contributed by atoms with Gasteiger partial charge in [0.2, 0.25) is 0 Å². The molecule has 1 aromatic rings. The van der Waals surface area contributed by atoms with Crippen molar-refractivity contribution in [1.29, 1.82) is 0 Å². The van der Waals surface area contributed by atoms with Gasteiger partial charge < -0.3 is 4.90 Å². The normalized spacial score (nSPS) is 26.1. The number of pyridine rings is 1. The van der Waals surface area contributed by atoms with E-state index in [0.717, 1.165) is 41.8 Å². The second-order valence-corrected chi connectivity index (χ2v) is 7.31. The summed E-state index contributed by atoms with van der Waals surface area (Å²) in [6, 6.07) is 2.14. The summed E-state index contributed by atoms with van der Waals surface area (Å²) >= 11 is 0. The zero-order chi connectivity index (χ0) is 16.4. The minimum absolute atomic E-state index is 0.830. The first kappa shape index (κ1) is 15.4. The van der Waals surface area contributed by atoms with Crippen molar-refractivity contribution in [1.82, 2.24) is 10.4 Å². The molecular formula is C20H26N4. The third-order valence-electron chi connectivity index (χ3n) is 5.44. The van der Waals surface area contributed by atoms with Crippen molar-refractivity contribution in [3.05, 3.63) is 42.4 Å². The molecule has 3 heterocycles. The average molecular weight is 322 g/mol. The highest BCUT2D eigenvalue weighted by atomic mass is 15.3. The lowest BCUT2D eigenvalue weighted by atomic mass is 9.91. The number of allylic oxidation sites excluding steroid dienone is 2. The van der Waals surface area contributed by atoms with E-state index in [4.69, 9.17) is 0 Å². The van der Waals surface area contributed by atoms with E-state index in [1.54, 1.807) is 6.21 Å². The summed E-state index contributed by atoms with van der Waals surface area (Å²) < 4.78 is 0. The molecule has 1 aliphatic carbocycles. The number of hydrogen-bond donors (Lipinski definition) is 1. The van der Waals surface area contributed by atoms with Crippen molar-refractivity contribution >= 4 is 17.5 Å². The lowest BCUT2D eigenvalue weighted by molar-refractivity contribution is 0.374. The molecule has 126 valence electrons. The zero-order valence-electron chi connectivity index (χ0n) is 14.2. The first-order valence-electron chi connectivity index (χ1n) is 9.19. The highest BCUT2D eigenvalue weighted by molar-refractivity contribution is 5.93. The number of nitrogens with zero attached hydrogens (tertiary/aromatic N) is 3. The van der Waals surface area contributed by atoms with Crippen LogP contribution < -0.4 is 10.3 Å². The molecule has 4 nitrogen and oxygen atoms in total. The quantitative estimate of drug-likeness (QED) is 0.912. The molecular weight excluding hydrogens is 296 g/mol. The molecule has 3 aliphatic rings. The van der Waals surface area contributed by atoms with Crippen LogP contribution in [0.15, 0.2) is 36.2 Å². The van der Waals surface area contributed by atoms with Crippen LogP contribution in [0, 0.1) is 11.8 Å². The summed E-state index contributed by atoms with van der Waals surface area (Å²) in [6.45, 7) is 6.53. The van der Waals surface area contributed by atoms with E-state index < -0.39 is 0 Å². The van der Waals surface area contributed by atoms with E-state index in [1.807, 2.05) is 18.5 Å². The largest absolute Gasteiger partial charge is 0.371 e. The monoisotopic (exact) mass is 322 g/mol. The lowest BCUT2D eigenvalue weighted by Gasteiger charge is -2.36. The molecule has 2 fully saturated rings. The SMILES string of the molecule is C=C1/C=C\N/N=C\c2nccc(N3CCCC(CCC4CC4)C3)c21. The molecule has 0 aromatic carbocycles. The fourth-order valence-corrected chi connectivity index (χ4v) is 3.92. The van der Waals surface area contributed by atoms with Crippen molar-refractivity contribution in [2.24, 2.45) is 16.9 Å². The summed E-state index contributed by atoms with van der Waals surface area (Å²) in [5, 5.41) is 4.18. The third-order valence-corrected chi connectivity index (χ3v) is 5.44. The van der Waals surface area contributed by atoms with Gasteiger partial charge in [-0.3, -0.25) is 10.4 Å². The van der Waals surface area contributed by atoms with Crippen molar-refractivity contribution in [2.45, 2.75) is 38.5 Å². The first-order chi connectivity index (χ1) is 11.8. The minimum atomic E-state index is 0.830. The molecule has 0 radical (unpaired) electrons. The van der Waals surface area contributed by atoms with E-state index in [2.05, 4.69) is 33.1 Å². The predicted molar refractivity (Wildman–Crippen MR) is 100 cm³/mol. The number of rotatable bonds is 4. The van der Waals surface area contributed by atoms with Crippen LogP contribution in [-0.2, 0) is 0 Å². The second kappa shape index (κ2) is 6.80. The van der Waals surface area contributed by atoms with E-state index in [9.17, 15) is 0 Å². The highest BCUT2D eigenvalue weighted by Crippen LogP contribution is 2.37. The predicted octanol–water partition coefficient (Wildman–Crippen LogP) is 3.95. The van der Waals surface area contributed by atoms with Gasteiger partial charge in [-0.25, -0.2) is 0 Å². The van der Waals surface area contributed by atoms with Gasteiger partial charge in [-0.15, -0.1) is 0 Å². The summed E-state index contributed by atoms with van der Waals surface area (Å²) in [6.07, 6.45) is 15.9. The Bertz CT molecular complexity index is 672. The Labute approximate surface area is 144 Å². The Balaban J connectivity index is 1.57. The Hall–Kier alpha value is -2.10. The molecule has 2 aliphatic heterocycles. The number of piperidine rings is 1. The molecule has 1 unspecified atom stereocenters. The maximum Gasteiger partial charge on any atom is 0.0929 e. The van der Waals surface area contributed by atoms with Crippen LogP contribution in [0.5, 0.6) is 0 Å². The van der Waals surface area contributed by atoms with E-state index in [0.29, 0.717) is 0 Å². The summed E-state index contributed by atoms with van der Waals surface area (Å²) in [4.78, 5) is 7.05. The van der Waals surface area contributed by atoms with Crippen molar-refractivity contribution in [2.75, 3.05) is 18.0 Å². The van der Waals surface area contributed by atoms with E-state index >= 15 is 0 Å². The van der Waals surface area contributed by atoms with Crippen LogP contribution in [0.25, 0.3) is 5.57 Å². The third kappa shape index (κ3) is 3.37. The molecule has 4 rings (SSSR count). The van der Waals surface area contributed by atoms with Gasteiger partial charge in [0.15, 0.2) is 0 Å². The Morgan fingerprint density at radius 2 is 2.08 bits per heavy atom. The molecule has 0 bridgehead atoms. The molecule has 24 heavy (non-hydrogen) atoms. The molecule has 1 saturated heterocycles. The lowest BCUT2D eigenvalue weighted by Crippen LogP contribution is -2.36. The Morgan fingerprint density at radius 3 is 2.96 bits per heavy atom. The zero-order valence-corrected chi connectivity index (χ0v) is 14.2. The number of hydrazone groups is 1. The first-order valence-corrected chi connectivity index (χ1v) is 9.19. The van der Waals surface area contributed by atoms with Gasteiger partial charge in [-0.1, -0.05) is 25.8 Å². The van der Waals surface area contributed by atoms with Gasteiger partial charge in [-0.05, 0) is 48.8 Å². The Morgan fingerprint density at radius 1 is 1.21 bits per heavy atom. The summed E-state index contributed by atoms with van der Waals surface area (Å²) in [7, 11) is 0. The van der Waals surface area contributed by atoms with Gasteiger partial charge in [-0.2, -0.15) is 5.10 Å². The van der Waals surface area contributed by atoms with Crippen molar-refractivity contribution in [3.8, 4) is 0 Å².